The molecule has 4 N–H and O–H groups in total. The van der Waals surface area contributed by atoms with Crippen LogP contribution in [0.4, 0.5) is 13.2 Å². The van der Waals surface area contributed by atoms with Gasteiger partial charge in [-0.3, -0.25) is 24.0 Å². The van der Waals surface area contributed by atoms with E-state index in [1.807, 2.05) is 6.92 Å². The molecular formula is C34H35F3N2O13. The first-order valence-corrected chi connectivity index (χ1v) is 16.3. The van der Waals surface area contributed by atoms with E-state index in [1.165, 1.54) is 32.2 Å². The Kier molecular flexibility index (Phi) is 10.7. The first-order chi connectivity index (χ1) is 24.5. The number of aliphatic hydroxyl groups is 1. The van der Waals surface area contributed by atoms with Crippen molar-refractivity contribution in [3.63, 3.8) is 0 Å². The smallest absolute Gasteiger partial charge is 0.471 e. The SMILES string of the molecule is CCCCC(=O)OCC(=O)[C@]1(N=O)Cc2c(O)c3c(c(O)c2[C@@H](O[C@H]2C[C@H](NC(=O)C(F)(F)F)[C@H](O)[C@H](C)O2)C1)C(=O)c1c(OC)cccc1C3=O. The number of unbranched alkanes of at least 4 members (excludes halogenated alkanes) is 1. The molecule has 0 saturated carbocycles. The summed E-state index contributed by atoms with van der Waals surface area (Å²) in [5.41, 5.74) is -4.87. The number of phenols is 2. The van der Waals surface area contributed by atoms with Gasteiger partial charge in [0.05, 0.1) is 42.0 Å². The predicted molar refractivity (Wildman–Crippen MR) is 169 cm³/mol. The van der Waals surface area contributed by atoms with Gasteiger partial charge >= 0.3 is 18.1 Å². The Bertz CT molecular complexity index is 1830. The van der Waals surface area contributed by atoms with E-state index < -0.39 is 126 Å². The summed E-state index contributed by atoms with van der Waals surface area (Å²) in [6.45, 7) is 2.15. The molecule has 0 bridgehead atoms. The molecule has 2 aliphatic carbocycles. The molecule has 0 unspecified atom stereocenters. The van der Waals surface area contributed by atoms with Gasteiger partial charge in [0.15, 0.2) is 24.2 Å². The van der Waals surface area contributed by atoms with E-state index in [0.717, 1.165) is 0 Å². The number of nitroso groups, excluding NO2 is 1. The number of aliphatic hydroxyl groups excluding tert-OH is 1. The van der Waals surface area contributed by atoms with Crippen LogP contribution in [0.5, 0.6) is 17.2 Å². The molecule has 3 aliphatic rings. The fraction of sp³-hybridized carbons (Fsp3) is 0.500. The van der Waals surface area contributed by atoms with E-state index >= 15 is 0 Å². The highest BCUT2D eigenvalue weighted by Gasteiger charge is 2.53. The second kappa shape index (κ2) is 14.6. The average Bonchev–Trinajstić information content (AvgIpc) is 3.10. The molecule has 1 saturated heterocycles. The van der Waals surface area contributed by atoms with Crippen molar-refractivity contribution in [2.45, 2.75) is 94.7 Å². The molecule has 52 heavy (non-hydrogen) atoms. The number of alkyl halides is 3. The summed E-state index contributed by atoms with van der Waals surface area (Å²) in [5, 5.41) is 38.6. The van der Waals surface area contributed by atoms with Gasteiger partial charge in [0.2, 0.25) is 11.6 Å². The normalized spacial score (nSPS) is 25.3. The van der Waals surface area contributed by atoms with Gasteiger partial charge < -0.3 is 39.6 Å². The Balaban J connectivity index is 1.61. The molecule has 5 rings (SSSR count). The molecule has 0 aromatic heterocycles. The lowest BCUT2D eigenvalue weighted by atomic mass is 9.70. The minimum absolute atomic E-state index is 0.0238. The third-order valence-corrected chi connectivity index (χ3v) is 9.46. The van der Waals surface area contributed by atoms with Crippen molar-refractivity contribution in [3.8, 4) is 17.2 Å². The fourth-order valence-electron chi connectivity index (χ4n) is 6.76. The van der Waals surface area contributed by atoms with Gasteiger partial charge in [0.1, 0.15) is 23.4 Å². The van der Waals surface area contributed by atoms with Crippen molar-refractivity contribution in [3.05, 3.63) is 56.5 Å². The van der Waals surface area contributed by atoms with Crippen LogP contribution in [-0.4, -0.2) is 94.5 Å². The number of hydrogen-bond donors (Lipinski definition) is 4. The number of nitrogens with one attached hydrogen (secondary N) is 1. The second-order valence-corrected chi connectivity index (χ2v) is 12.8. The van der Waals surface area contributed by atoms with E-state index in [9.17, 15) is 57.4 Å². The van der Waals surface area contributed by atoms with E-state index in [0.29, 0.717) is 12.8 Å². The molecule has 1 aliphatic heterocycles. The number of amides is 1. The van der Waals surface area contributed by atoms with Crippen LogP contribution >= 0.6 is 0 Å². The summed E-state index contributed by atoms with van der Waals surface area (Å²) in [7, 11) is 1.24. The number of rotatable bonds is 11. The van der Waals surface area contributed by atoms with Gasteiger partial charge in [-0.1, -0.05) is 30.7 Å². The van der Waals surface area contributed by atoms with Crippen LogP contribution in [0.2, 0.25) is 0 Å². The van der Waals surface area contributed by atoms with Gasteiger partial charge in [-0.15, -0.1) is 4.91 Å². The first-order valence-electron chi connectivity index (χ1n) is 16.3. The van der Waals surface area contributed by atoms with Crippen molar-refractivity contribution in [1.82, 2.24) is 5.32 Å². The van der Waals surface area contributed by atoms with Crippen molar-refractivity contribution < 1.29 is 71.4 Å². The maximum atomic E-state index is 13.9. The number of ether oxygens (including phenoxy) is 4. The summed E-state index contributed by atoms with van der Waals surface area (Å²) in [5.74, 6) is -7.80. The summed E-state index contributed by atoms with van der Waals surface area (Å²) in [6, 6.07) is 2.52. The number of nitrogens with zero attached hydrogens (tertiary/aromatic N) is 1. The molecule has 18 heteroatoms. The molecule has 2 aromatic carbocycles. The highest BCUT2D eigenvalue weighted by molar-refractivity contribution is 6.31. The summed E-state index contributed by atoms with van der Waals surface area (Å²) >= 11 is 0. The van der Waals surface area contributed by atoms with Crippen molar-refractivity contribution in [1.29, 1.82) is 0 Å². The number of aromatic hydroxyl groups is 2. The van der Waals surface area contributed by atoms with Gasteiger partial charge in [0, 0.05) is 42.4 Å². The zero-order chi connectivity index (χ0) is 38.3. The molecule has 280 valence electrons. The number of methoxy groups -OCH3 is 1. The maximum Gasteiger partial charge on any atom is 0.471 e. The van der Waals surface area contributed by atoms with Crippen LogP contribution < -0.4 is 10.1 Å². The number of benzene rings is 2. The number of esters is 1. The maximum absolute atomic E-state index is 13.9. The molecule has 1 fully saturated rings. The van der Waals surface area contributed by atoms with E-state index in [4.69, 9.17) is 18.9 Å². The quantitative estimate of drug-likeness (QED) is 0.126. The standard InChI is InChI=1S/C34H35F3N2O13/c1-4-5-9-21(41)50-13-20(40)33(39-48)11-16-24(19(12-33)52-22-10-17(27(42)14(2)51-22)38-32(47)34(35,36)37)31(46)26-25(29(16)44)28(43)15-7-6-8-18(49-3)23(15)30(26)45/h6-8,14,17,19,22,27,42,44,46H,4-5,9-13H2,1-3H3,(H,38,47)/t14-,17-,19-,22-,27+,33-/m0/s1. The number of fused-ring (bicyclic) bond motifs is 3. The van der Waals surface area contributed by atoms with Crippen molar-refractivity contribution >= 4 is 29.2 Å². The van der Waals surface area contributed by atoms with Crippen LogP contribution in [-0.2, 0) is 35.0 Å². The molecule has 0 spiro atoms. The number of ketones is 3. The second-order valence-electron chi connectivity index (χ2n) is 12.8. The molecule has 2 aromatic rings. The van der Waals surface area contributed by atoms with Gasteiger partial charge in [-0.05, 0) is 19.4 Å². The van der Waals surface area contributed by atoms with Gasteiger partial charge in [-0.2, -0.15) is 13.2 Å². The number of phenolic OH excluding ortho intramolecular Hbond substituents is 2. The highest BCUT2D eigenvalue weighted by atomic mass is 19.4. The van der Waals surface area contributed by atoms with Crippen LogP contribution in [0.3, 0.4) is 0 Å². The topological polar surface area (TPSA) is 224 Å². The van der Waals surface area contributed by atoms with E-state index in [2.05, 4.69) is 5.18 Å². The third-order valence-electron chi connectivity index (χ3n) is 9.46. The van der Waals surface area contributed by atoms with Gasteiger partial charge in [0.25, 0.3) is 0 Å². The molecule has 0 radical (unpaired) electrons. The van der Waals surface area contributed by atoms with Crippen LogP contribution in [0.25, 0.3) is 0 Å². The Morgan fingerprint density at radius 2 is 1.79 bits per heavy atom. The average molecular weight is 737 g/mol. The predicted octanol–water partition coefficient (Wildman–Crippen LogP) is 3.24. The monoisotopic (exact) mass is 736 g/mol. The van der Waals surface area contributed by atoms with Crippen LogP contribution in [0.15, 0.2) is 23.4 Å². The summed E-state index contributed by atoms with van der Waals surface area (Å²) in [4.78, 5) is 77.9. The third kappa shape index (κ3) is 6.84. The number of hydrogen-bond acceptors (Lipinski definition) is 14. The summed E-state index contributed by atoms with van der Waals surface area (Å²) in [6.07, 6.45) is -12.6. The van der Waals surface area contributed by atoms with Gasteiger partial charge in [-0.25, -0.2) is 0 Å². The fourth-order valence-corrected chi connectivity index (χ4v) is 6.76. The number of carbonyl (C=O) groups excluding carboxylic acids is 5. The van der Waals surface area contributed by atoms with E-state index in [-0.39, 0.29) is 28.9 Å². The Morgan fingerprint density at radius 1 is 1.10 bits per heavy atom. The van der Waals surface area contributed by atoms with Crippen LogP contribution in [0.1, 0.15) is 95.0 Å². The Morgan fingerprint density at radius 3 is 2.42 bits per heavy atom. The minimum atomic E-state index is -5.30. The van der Waals surface area contributed by atoms with Crippen molar-refractivity contribution in [2.24, 2.45) is 5.18 Å². The number of halogens is 3. The lowest BCUT2D eigenvalue weighted by Crippen LogP contribution is -2.57. The van der Waals surface area contributed by atoms with Crippen molar-refractivity contribution in [2.75, 3.05) is 13.7 Å². The summed E-state index contributed by atoms with van der Waals surface area (Å²) < 4.78 is 61.3. The zero-order valence-corrected chi connectivity index (χ0v) is 28.1. The molecule has 6 atom stereocenters. The minimum Gasteiger partial charge on any atom is -0.507 e. The van der Waals surface area contributed by atoms with E-state index in [1.54, 1.807) is 5.32 Å². The number of Topliss-reactive ketones (excluding diaryl/α,β-unsaturated/α-hetero) is 1. The highest BCUT2D eigenvalue weighted by Crippen LogP contribution is 2.53. The Labute approximate surface area is 293 Å². The lowest BCUT2D eigenvalue weighted by molar-refractivity contribution is -0.247. The number of carbonyl (C=O) groups is 5. The van der Waals surface area contributed by atoms with Crippen LogP contribution in [0, 0.1) is 4.91 Å². The molecule has 1 heterocycles. The lowest BCUT2D eigenvalue weighted by Gasteiger charge is -2.42. The largest absolute Gasteiger partial charge is 0.507 e. The molecule has 15 nitrogen and oxygen atoms in total. The Hall–Kier alpha value is -4.94. The zero-order valence-electron chi connectivity index (χ0n) is 28.1. The first kappa shape index (κ1) is 38.3. The molecule has 1 amide bonds. The molecular weight excluding hydrogens is 701 g/mol.